The van der Waals surface area contributed by atoms with Gasteiger partial charge in [0.1, 0.15) is 0 Å². The fraction of sp³-hybridized carbons (Fsp3) is 0.500. The lowest BCUT2D eigenvalue weighted by Gasteiger charge is -2.29. The van der Waals surface area contributed by atoms with Crippen molar-refractivity contribution in [2.45, 2.75) is 36.3 Å². The smallest absolute Gasteiger partial charge is 0.237 e. The van der Waals surface area contributed by atoms with Gasteiger partial charge in [0.25, 0.3) is 0 Å². The third-order valence-corrected chi connectivity index (χ3v) is 7.24. The van der Waals surface area contributed by atoms with Gasteiger partial charge in [0.15, 0.2) is 0 Å². The maximum Gasteiger partial charge on any atom is 0.237 e. The van der Waals surface area contributed by atoms with E-state index in [9.17, 15) is 9.59 Å². The number of carbonyl (C=O) groups is 2. The summed E-state index contributed by atoms with van der Waals surface area (Å²) in [5, 5.41) is 0. The Bertz CT molecular complexity index is 588. The summed E-state index contributed by atoms with van der Waals surface area (Å²) in [7, 11) is 0. The van der Waals surface area contributed by atoms with Crippen LogP contribution < -0.4 is 4.90 Å². The molecular formula is C16H17Br2NO2. The van der Waals surface area contributed by atoms with Crippen molar-refractivity contribution >= 4 is 49.4 Å². The molecule has 4 atom stereocenters. The van der Waals surface area contributed by atoms with Crippen LogP contribution in [0.1, 0.15) is 24.0 Å². The Morgan fingerprint density at radius 1 is 1.00 bits per heavy atom. The summed E-state index contributed by atoms with van der Waals surface area (Å²) in [6, 6.07) is 5.85. The monoisotopic (exact) mass is 413 g/mol. The van der Waals surface area contributed by atoms with E-state index < -0.39 is 0 Å². The summed E-state index contributed by atoms with van der Waals surface area (Å²) in [6.07, 6.45) is 1.43. The number of alkyl halides is 2. The van der Waals surface area contributed by atoms with Gasteiger partial charge in [-0.15, -0.1) is 0 Å². The quantitative estimate of drug-likeness (QED) is 0.518. The maximum atomic E-state index is 12.7. The van der Waals surface area contributed by atoms with Gasteiger partial charge in [0.2, 0.25) is 11.8 Å². The van der Waals surface area contributed by atoms with Crippen molar-refractivity contribution in [2.75, 3.05) is 4.90 Å². The van der Waals surface area contributed by atoms with E-state index in [2.05, 4.69) is 31.9 Å². The molecule has 5 heteroatoms. The van der Waals surface area contributed by atoms with E-state index in [1.54, 1.807) is 0 Å². The summed E-state index contributed by atoms with van der Waals surface area (Å²) < 4.78 is 0. The molecule has 4 unspecified atom stereocenters. The third-order valence-electron chi connectivity index (χ3n) is 4.50. The Labute approximate surface area is 141 Å². The van der Waals surface area contributed by atoms with Crippen molar-refractivity contribution in [1.82, 2.24) is 0 Å². The molecule has 0 N–H and O–H groups in total. The number of carbonyl (C=O) groups excluding carboxylic acids is 2. The topological polar surface area (TPSA) is 37.4 Å². The van der Waals surface area contributed by atoms with Crippen molar-refractivity contribution in [2.24, 2.45) is 11.8 Å². The molecule has 2 aliphatic rings. The van der Waals surface area contributed by atoms with Crippen LogP contribution in [0.2, 0.25) is 0 Å². The second-order valence-corrected chi connectivity index (χ2v) is 8.37. The number of fused-ring (bicyclic) bond motifs is 1. The molecule has 2 fully saturated rings. The summed E-state index contributed by atoms with van der Waals surface area (Å²) >= 11 is 7.22. The van der Waals surface area contributed by atoms with E-state index in [0.717, 1.165) is 16.8 Å². The van der Waals surface area contributed by atoms with Gasteiger partial charge < -0.3 is 0 Å². The van der Waals surface area contributed by atoms with Crippen molar-refractivity contribution in [3.05, 3.63) is 29.3 Å². The maximum absolute atomic E-state index is 12.7. The number of rotatable bonds is 1. The lowest BCUT2D eigenvalue weighted by molar-refractivity contribution is -0.122. The van der Waals surface area contributed by atoms with Crippen LogP contribution in [0.15, 0.2) is 18.2 Å². The second-order valence-electron chi connectivity index (χ2n) is 6.02. The highest BCUT2D eigenvalue weighted by Gasteiger charge is 2.52. The normalized spacial score (nSPS) is 32.5. The highest BCUT2D eigenvalue weighted by Crippen LogP contribution is 2.44. The number of nitrogens with zero attached hydrogens (tertiary/aromatic N) is 1. The highest BCUT2D eigenvalue weighted by atomic mass is 79.9. The Morgan fingerprint density at radius 3 is 2.00 bits per heavy atom. The molecule has 2 amide bonds. The van der Waals surface area contributed by atoms with E-state index in [0.29, 0.717) is 12.8 Å². The van der Waals surface area contributed by atoms with E-state index in [-0.39, 0.29) is 33.3 Å². The van der Waals surface area contributed by atoms with Crippen LogP contribution in [0, 0.1) is 25.7 Å². The lowest BCUT2D eigenvalue weighted by Crippen LogP contribution is -2.34. The van der Waals surface area contributed by atoms with Crippen LogP contribution in [0.4, 0.5) is 5.69 Å². The molecule has 112 valence electrons. The molecule has 1 aromatic rings. The summed E-state index contributed by atoms with van der Waals surface area (Å²) in [5.74, 6) is -0.450. The van der Waals surface area contributed by atoms with Crippen LogP contribution in [-0.2, 0) is 9.59 Å². The first kappa shape index (κ1) is 15.2. The van der Waals surface area contributed by atoms with Gasteiger partial charge in [-0.2, -0.15) is 0 Å². The van der Waals surface area contributed by atoms with Crippen LogP contribution in [0.3, 0.4) is 0 Å². The molecule has 0 radical (unpaired) electrons. The first-order valence-electron chi connectivity index (χ1n) is 7.13. The second kappa shape index (κ2) is 5.51. The number of hydrogen-bond donors (Lipinski definition) is 0. The molecule has 3 nitrogen and oxygen atoms in total. The predicted molar refractivity (Wildman–Crippen MR) is 90.1 cm³/mol. The molecule has 21 heavy (non-hydrogen) atoms. The van der Waals surface area contributed by atoms with Gasteiger partial charge >= 0.3 is 0 Å². The van der Waals surface area contributed by atoms with Gasteiger partial charge in [-0.3, -0.25) is 9.59 Å². The van der Waals surface area contributed by atoms with Gasteiger partial charge in [0, 0.05) is 9.65 Å². The molecule has 3 rings (SSSR count). The van der Waals surface area contributed by atoms with Crippen LogP contribution in [0.25, 0.3) is 0 Å². The highest BCUT2D eigenvalue weighted by molar-refractivity contribution is 9.12. The average Bonchev–Trinajstić information content (AvgIpc) is 2.64. The molecular weight excluding hydrogens is 398 g/mol. The molecule has 0 aromatic heterocycles. The Hall–Kier alpha value is -0.680. The average molecular weight is 415 g/mol. The zero-order chi connectivity index (χ0) is 15.3. The zero-order valence-corrected chi connectivity index (χ0v) is 15.1. The Balaban J connectivity index is 1.97. The van der Waals surface area contributed by atoms with Crippen LogP contribution >= 0.6 is 31.9 Å². The van der Waals surface area contributed by atoms with E-state index in [4.69, 9.17) is 0 Å². The number of halogens is 2. The molecule has 1 saturated heterocycles. The van der Waals surface area contributed by atoms with Crippen LogP contribution in [-0.4, -0.2) is 21.5 Å². The minimum absolute atomic E-state index is 0.0409. The minimum Gasteiger partial charge on any atom is -0.274 e. The number of benzene rings is 1. The number of aryl methyl sites for hydroxylation is 2. The molecule has 1 heterocycles. The number of anilines is 1. The summed E-state index contributed by atoms with van der Waals surface area (Å²) in [4.78, 5) is 27.3. The number of hydrogen-bond acceptors (Lipinski definition) is 2. The largest absolute Gasteiger partial charge is 0.274 e. The first-order valence-corrected chi connectivity index (χ1v) is 8.96. The predicted octanol–water partition coefficient (Wildman–Crippen LogP) is 3.73. The molecule has 1 aromatic carbocycles. The van der Waals surface area contributed by atoms with Crippen molar-refractivity contribution in [1.29, 1.82) is 0 Å². The fourth-order valence-corrected chi connectivity index (χ4v) is 4.63. The molecule has 0 bridgehead atoms. The SMILES string of the molecule is Cc1ccc(N2C(=O)C3CC(Br)C(Br)CC3C2=O)c(C)c1. The standard InChI is InChI=1S/C16H17Br2NO2/c1-8-3-4-14(9(2)5-8)19-15(20)10-6-12(17)13(18)7-11(10)16(19)21/h3-5,10-13H,6-7H2,1-2H3. The fourth-order valence-electron chi connectivity index (χ4n) is 3.39. The van der Waals surface area contributed by atoms with Gasteiger partial charge in [-0.1, -0.05) is 49.6 Å². The summed E-state index contributed by atoms with van der Waals surface area (Å²) in [5.41, 5.74) is 2.84. The molecule has 1 aliphatic heterocycles. The molecule has 1 aliphatic carbocycles. The minimum atomic E-state index is -0.184. The van der Waals surface area contributed by atoms with Gasteiger partial charge in [-0.05, 0) is 38.3 Å². The van der Waals surface area contributed by atoms with Crippen molar-refractivity contribution < 1.29 is 9.59 Å². The molecule has 1 saturated carbocycles. The van der Waals surface area contributed by atoms with E-state index >= 15 is 0 Å². The summed E-state index contributed by atoms with van der Waals surface area (Å²) in [6.45, 7) is 3.96. The van der Waals surface area contributed by atoms with E-state index in [1.165, 1.54) is 4.90 Å². The van der Waals surface area contributed by atoms with Gasteiger partial charge in [0.05, 0.1) is 17.5 Å². The van der Waals surface area contributed by atoms with Crippen molar-refractivity contribution in [3.8, 4) is 0 Å². The lowest BCUT2D eigenvalue weighted by atomic mass is 9.81. The Kier molecular flexibility index (Phi) is 3.99. The number of amides is 2. The van der Waals surface area contributed by atoms with Crippen molar-refractivity contribution in [3.63, 3.8) is 0 Å². The Morgan fingerprint density at radius 2 is 1.52 bits per heavy atom. The van der Waals surface area contributed by atoms with E-state index in [1.807, 2.05) is 32.0 Å². The third kappa shape index (κ3) is 2.48. The molecule has 0 spiro atoms. The van der Waals surface area contributed by atoms with Gasteiger partial charge in [-0.25, -0.2) is 4.90 Å². The number of imide groups is 1. The first-order chi connectivity index (χ1) is 9.90. The van der Waals surface area contributed by atoms with Crippen LogP contribution in [0.5, 0.6) is 0 Å². The zero-order valence-electron chi connectivity index (χ0n) is 12.0.